The van der Waals surface area contributed by atoms with Crippen molar-refractivity contribution >= 4 is 17.5 Å². The van der Waals surface area contributed by atoms with Gasteiger partial charge in [0.05, 0.1) is 24.3 Å². The van der Waals surface area contributed by atoms with Gasteiger partial charge in [0.25, 0.3) is 0 Å². The molecule has 0 unspecified atom stereocenters. The number of carbonyl (C=O) groups excluding carboxylic acids is 2. The number of ketones is 1. The van der Waals surface area contributed by atoms with E-state index in [1.165, 1.54) is 6.07 Å². The molecule has 2 aliphatic rings. The topological polar surface area (TPSA) is 68.2 Å². The van der Waals surface area contributed by atoms with Crippen LogP contribution in [-0.2, 0) is 19.2 Å². The highest BCUT2D eigenvalue weighted by Crippen LogP contribution is 2.39. The number of likely N-dealkylation sites (tertiary alicyclic amines) is 1. The van der Waals surface area contributed by atoms with Crippen molar-refractivity contribution in [2.24, 2.45) is 10.6 Å². The Kier molecular flexibility index (Phi) is 6.44. The summed E-state index contributed by atoms with van der Waals surface area (Å²) in [5, 5.41) is 4.07. The van der Waals surface area contributed by atoms with Crippen molar-refractivity contribution in [2.75, 3.05) is 26.2 Å². The first-order chi connectivity index (χ1) is 13.4. The molecular weight excluding hydrogens is 363 g/mol. The van der Waals surface area contributed by atoms with Crippen LogP contribution in [0.25, 0.3) is 0 Å². The molecule has 2 heterocycles. The third-order valence-electron chi connectivity index (χ3n) is 5.35. The normalized spacial score (nSPS) is 25.1. The van der Waals surface area contributed by atoms with Gasteiger partial charge in [-0.3, -0.25) is 14.5 Å². The van der Waals surface area contributed by atoms with E-state index in [0.29, 0.717) is 50.2 Å². The number of rotatable bonds is 7. The van der Waals surface area contributed by atoms with Gasteiger partial charge >= 0.3 is 5.97 Å². The number of Topliss-reactive ketones (excluding diaryl/α,β-unsaturated/α-hetero) is 1. The maximum absolute atomic E-state index is 14.1. The van der Waals surface area contributed by atoms with Crippen LogP contribution in [0.1, 0.15) is 45.1 Å². The standard InChI is InChI=1S/C21H27FN2O4/c1-3-27-20(26)21(9-6-10-24(14-21)13-15(2)25)12-16-11-19(23-28-16)17-7-4-5-8-18(17)22/h4-5,7-8,16H,3,6,9-14H2,1-2H3/t16-,21+/m1/s1. The van der Waals surface area contributed by atoms with Crippen LogP contribution < -0.4 is 0 Å². The number of halogens is 1. The molecule has 0 radical (unpaired) electrons. The quantitative estimate of drug-likeness (QED) is 0.670. The average Bonchev–Trinajstić information content (AvgIpc) is 3.10. The van der Waals surface area contributed by atoms with Crippen molar-refractivity contribution in [3.63, 3.8) is 0 Å². The van der Waals surface area contributed by atoms with Gasteiger partial charge in [-0.05, 0) is 39.3 Å². The van der Waals surface area contributed by atoms with Gasteiger partial charge in [-0.15, -0.1) is 0 Å². The van der Waals surface area contributed by atoms with Crippen molar-refractivity contribution < 1.29 is 23.6 Å². The van der Waals surface area contributed by atoms with Crippen molar-refractivity contribution in [1.82, 2.24) is 4.90 Å². The first kappa shape index (κ1) is 20.5. The van der Waals surface area contributed by atoms with Crippen LogP contribution >= 0.6 is 0 Å². The molecule has 0 aliphatic carbocycles. The first-order valence-corrected chi connectivity index (χ1v) is 9.80. The maximum Gasteiger partial charge on any atom is 0.313 e. The van der Waals surface area contributed by atoms with E-state index in [2.05, 4.69) is 5.16 Å². The predicted molar refractivity (Wildman–Crippen MR) is 102 cm³/mol. The molecule has 0 saturated carbocycles. The van der Waals surface area contributed by atoms with E-state index in [1.54, 1.807) is 32.0 Å². The molecule has 6 nitrogen and oxygen atoms in total. The zero-order valence-electron chi connectivity index (χ0n) is 16.4. The molecule has 0 amide bonds. The van der Waals surface area contributed by atoms with Gasteiger partial charge in [-0.2, -0.15) is 0 Å². The maximum atomic E-state index is 14.1. The molecule has 7 heteroatoms. The number of ether oxygens (including phenoxy) is 1. The van der Waals surface area contributed by atoms with Gasteiger partial charge in [0, 0.05) is 24.9 Å². The molecule has 3 rings (SSSR count). The summed E-state index contributed by atoms with van der Waals surface area (Å²) in [7, 11) is 0. The largest absolute Gasteiger partial charge is 0.466 e. The summed E-state index contributed by atoms with van der Waals surface area (Å²) in [6.45, 7) is 5.20. The van der Waals surface area contributed by atoms with E-state index in [0.717, 1.165) is 13.0 Å². The van der Waals surface area contributed by atoms with Gasteiger partial charge in [0.1, 0.15) is 17.7 Å². The minimum atomic E-state index is -0.741. The van der Waals surface area contributed by atoms with E-state index < -0.39 is 5.41 Å². The number of hydrogen-bond acceptors (Lipinski definition) is 6. The summed E-state index contributed by atoms with van der Waals surface area (Å²) in [6, 6.07) is 6.46. The summed E-state index contributed by atoms with van der Waals surface area (Å²) >= 11 is 0. The lowest BCUT2D eigenvalue weighted by Gasteiger charge is -2.41. The fourth-order valence-corrected chi connectivity index (χ4v) is 4.21. The Morgan fingerprint density at radius 3 is 2.89 bits per heavy atom. The second-order valence-corrected chi connectivity index (χ2v) is 7.67. The lowest BCUT2D eigenvalue weighted by molar-refractivity contribution is -0.162. The molecule has 0 spiro atoms. The number of esters is 1. The van der Waals surface area contributed by atoms with Crippen LogP contribution in [0.15, 0.2) is 29.4 Å². The average molecular weight is 390 g/mol. The number of hydrogen-bond donors (Lipinski definition) is 0. The Morgan fingerprint density at radius 1 is 1.39 bits per heavy atom. The first-order valence-electron chi connectivity index (χ1n) is 9.80. The summed E-state index contributed by atoms with van der Waals surface area (Å²) < 4.78 is 19.4. The lowest BCUT2D eigenvalue weighted by Crippen LogP contribution is -2.51. The zero-order valence-corrected chi connectivity index (χ0v) is 16.4. The molecule has 152 valence electrons. The second-order valence-electron chi connectivity index (χ2n) is 7.67. The van der Waals surface area contributed by atoms with Crippen molar-refractivity contribution in [2.45, 2.75) is 45.6 Å². The number of nitrogens with zero attached hydrogens (tertiary/aromatic N) is 2. The monoisotopic (exact) mass is 390 g/mol. The molecule has 0 bridgehead atoms. The lowest BCUT2D eigenvalue weighted by atomic mass is 9.74. The molecule has 0 N–H and O–H groups in total. The van der Waals surface area contributed by atoms with Crippen molar-refractivity contribution in [3.8, 4) is 0 Å². The second kappa shape index (κ2) is 8.82. The minimum Gasteiger partial charge on any atom is -0.466 e. The minimum absolute atomic E-state index is 0.0712. The fraction of sp³-hybridized carbons (Fsp3) is 0.571. The number of carbonyl (C=O) groups is 2. The van der Waals surface area contributed by atoms with Crippen molar-refractivity contribution in [3.05, 3.63) is 35.6 Å². The summed E-state index contributed by atoms with van der Waals surface area (Å²) in [4.78, 5) is 32.0. The van der Waals surface area contributed by atoms with Gasteiger partial charge in [-0.1, -0.05) is 23.4 Å². The molecular formula is C21H27FN2O4. The third-order valence-corrected chi connectivity index (χ3v) is 5.35. The van der Waals surface area contributed by atoms with Crippen LogP contribution in [0.4, 0.5) is 4.39 Å². The SMILES string of the molecule is CCOC(=O)[C@]1(C[C@H]2CC(c3ccccc3F)=NO2)CCCN(CC(C)=O)C1. The summed E-state index contributed by atoms with van der Waals surface area (Å²) in [6.07, 6.45) is 2.03. The highest BCUT2D eigenvalue weighted by Gasteiger charge is 2.46. The zero-order chi connectivity index (χ0) is 20.1. The van der Waals surface area contributed by atoms with E-state index >= 15 is 0 Å². The van der Waals surface area contributed by atoms with Gasteiger partial charge in [0.15, 0.2) is 0 Å². The van der Waals surface area contributed by atoms with Crippen LogP contribution in [0, 0.1) is 11.2 Å². The molecule has 28 heavy (non-hydrogen) atoms. The molecule has 1 saturated heterocycles. The van der Waals surface area contributed by atoms with Gasteiger partial charge < -0.3 is 9.57 Å². The van der Waals surface area contributed by atoms with Crippen LogP contribution in [-0.4, -0.2) is 54.7 Å². The van der Waals surface area contributed by atoms with Crippen LogP contribution in [0.2, 0.25) is 0 Å². The molecule has 0 aromatic heterocycles. The predicted octanol–water partition coefficient (Wildman–Crippen LogP) is 2.94. The number of piperidine rings is 1. The summed E-state index contributed by atoms with van der Waals surface area (Å²) in [5.41, 5.74) is 0.240. The Morgan fingerprint density at radius 2 is 2.18 bits per heavy atom. The van der Waals surface area contributed by atoms with Gasteiger partial charge in [-0.25, -0.2) is 4.39 Å². The Bertz CT molecular complexity index is 767. The van der Waals surface area contributed by atoms with E-state index in [1.807, 2.05) is 4.90 Å². The fourth-order valence-electron chi connectivity index (χ4n) is 4.21. The molecule has 1 aromatic carbocycles. The van der Waals surface area contributed by atoms with Crippen LogP contribution in [0.3, 0.4) is 0 Å². The molecule has 2 atom stereocenters. The Balaban J connectivity index is 1.73. The van der Waals surface area contributed by atoms with E-state index in [-0.39, 0.29) is 23.7 Å². The van der Waals surface area contributed by atoms with Crippen LogP contribution in [0.5, 0.6) is 0 Å². The molecule has 1 fully saturated rings. The molecule has 2 aliphatic heterocycles. The number of benzene rings is 1. The highest BCUT2D eigenvalue weighted by atomic mass is 19.1. The van der Waals surface area contributed by atoms with Gasteiger partial charge in [0.2, 0.25) is 0 Å². The van der Waals surface area contributed by atoms with E-state index in [9.17, 15) is 14.0 Å². The van der Waals surface area contributed by atoms with E-state index in [4.69, 9.17) is 9.57 Å². The highest BCUT2D eigenvalue weighted by molar-refractivity contribution is 6.01. The third kappa shape index (κ3) is 4.58. The molecule has 1 aromatic rings. The number of oxime groups is 1. The van der Waals surface area contributed by atoms with Crippen molar-refractivity contribution in [1.29, 1.82) is 0 Å². The smallest absolute Gasteiger partial charge is 0.313 e. The Hall–Kier alpha value is -2.28. The summed E-state index contributed by atoms with van der Waals surface area (Å²) in [5.74, 6) is -0.524. The Labute approximate surface area is 164 Å².